The number of pyridine rings is 1. The fraction of sp³-hybridized carbons (Fsp3) is 0.286. The monoisotopic (exact) mass is 417 g/mol. The molecule has 6 nitrogen and oxygen atoms in total. The zero-order valence-electron chi connectivity index (χ0n) is 17.0. The predicted octanol–water partition coefficient (Wildman–Crippen LogP) is 4.63. The summed E-state index contributed by atoms with van der Waals surface area (Å²) in [7, 11) is 1.39. The highest BCUT2D eigenvalue weighted by Crippen LogP contribution is 2.33. The number of amides is 1. The smallest absolute Gasteiger partial charge is 0.383 e. The highest BCUT2D eigenvalue weighted by atomic mass is 19.4. The van der Waals surface area contributed by atoms with E-state index in [0.717, 1.165) is 16.3 Å². The molecule has 0 aliphatic rings. The van der Waals surface area contributed by atoms with Gasteiger partial charge >= 0.3 is 6.18 Å². The predicted molar refractivity (Wildman–Crippen MR) is 109 cm³/mol. The molecule has 1 aromatic carbocycles. The molecule has 0 aliphatic heterocycles. The Hall–Kier alpha value is -3.36. The zero-order chi connectivity index (χ0) is 22.3. The van der Waals surface area contributed by atoms with Crippen LogP contribution >= 0.6 is 0 Å². The first-order chi connectivity index (χ1) is 13.9. The van der Waals surface area contributed by atoms with E-state index in [-0.39, 0.29) is 34.2 Å². The summed E-state index contributed by atoms with van der Waals surface area (Å²) >= 11 is 0. The van der Waals surface area contributed by atoms with Crippen LogP contribution < -0.4 is 11.1 Å². The third kappa shape index (κ3) is 4.45. The van der Waals surface area contributed by atoms with E-state index >= 15 is 0 Å². The van der Waals surface area contributed by atoms with E-state index < -0.39 is 11.9 Å². The molecule has 2 aromatic heterocycles. The molecule has 0 fully saturated rings. The minimum absolute atomic E-state index is 0.0207. The molecule has 0 atom stereocenters. The maximum atomic E-state index is 12.9. The first-order valence-corrected chi connectivity index (χ1v) is 9.16. The average molecular weight is 417 g/mol. The summed E-state index contributed by atoms with van der Waals surface area (Å²) in [5.41, 5.74) is 6.90. The van der Waals surface area contributed by atoms with Gasteiger partial charge in [0.25, 0.3) is 5.91 Å². The number of anilines is 2. The summed E-state index contributed by atoms with van der Waals surface area (Å²) in [6.07, 6.45) is -4.56. The van der Waals surface area contributed by atoms with E-state index in [9.17, 15) is 18.0 Å². The molecule has 3 N–H and O–H groups in total. The van der Waals surface area contributed by atoms with Crippen LogP contribution in [0.25, 0.3) is 11.3 Å². The van der Waals surface area contributed by atoms with Crippen LogP contribution in [0.5, 0.6) is 0 Å². The third-order valence-corrected chi connectivity index (χ3v) is 4.63. The highest BCUT2D eigenvalue weighted by Gasteiger charge is 2.35. The molecule has 3 rings (SSSR count). The molecule has 0 spiro atoms. The number of aromatic nitrogens is 3. The normalized spacial score (nSPS) is 12.1. The molecule has 0 saturated heterocycles. The van der Waals surface area contributed by atoms with Crippen molar-refractivity contribution in [2.45, 2.75) is 32.4 Å². The number of hydrogen-bond acceptors (Lipinski definition) is 4. The maximum absolute atomic E-state index is 12.9. The molecule has 0 bridgehead atoms. The molecule has 0 unspecified atom stereocenters. The highest BCUT2D eigenvalue weighted by molar-refractivity contribution is 6.04. The zero-order valence-corrected chi connectivity index (χ0v) is 17.0. The minimum Gasteiger partial charge on any atom is -0.383 e. The van der Waals surface area contributed by atoms with Crippen molar-refractivity contribution in [2.24, 2.45) is 7.05 Å². The number of halogens is 3. The number of nitrogen functional groups attached to an aromatic ring is 1. The minimum atomic E-state index is -4.56. The van der Waals surface area contributed by atoms with Gasteiger partial charge < -0.3 is 11.1 Å². The number of nitrogens with one attached hydrogen (secondary N) is 1. The van der Waals surface area contributed by atoms with E-state index in [1.165, 1.54) is 19.2 Å². The Morgan fingerprint density at radius 2 is 1.70 bits per heavy atom. The van der Waals surface area contributed by atoms with Crippen molar-refractivity contribution < 1.29 is 18.0 Å². The second-order valence-electron chi connectivity index (χ2n) is 7.95. The van der Waals surface area contributed by atoms with Crippen LogP contribution in [0.15, 0.2) is 42.5 Å². The summed E-state index contributed by atoms with van der Waals surface area (Å²) in [5, 5.41) is 6.12. The van der Waals surface area contributed by atoms with E-state index in [2.05, 4.69) is 36.2 Å². The van der Waals surface area contributed by atoms with Crippen molar-refractivity contribution in [1.82, 2.24) is 14.8 Å². The summed E-state index contributed by atoms with van der Waals surface area (Å²) < 4.78 is 39.7. The fourth-order valence-electron chi connectivity index (χ4n) is 2.93. The van der Waals surface area contributed by atoms with Gasteiger partial charge in [0.15, 0.2) is 5.69 Å². The topological polar surface area (TPSA) is 85.8 Å². The maximum Gasteiger partial charge on any atom is 0.435 e. The van der Waals surface area contributed by atoms with Gasteiger partial charge in [0.1, 0.15) is 11.6 Å². The summed E-state index contributed by atoms with van der Waals surface area (Å²) in [4.78, 5) is 16.6. The van der Waals surface area contributed by atoms with Crippen molar-refractivity contribution >= 4 is 17.5 Å². The van der Waals surface area contributed by atoms with E-state index in [4.69, 9.17) is 5.73 Å². The SMILES string of the molecule is Cn1nc(C(F)(F)F)cc1-c1ccc(NC(=O)c2ccc(C(C)(C)C)cc2)nc1N. The van der Waals surface area contributed by atoms with Crippen LogP contribution in [-0.4, -0.2) is 20.7 Å². The number of aryl methyl sites for hydroxylation is 1. The van der Waals surface area contributed by atoms with Gasteiger partial charge in [-0.15, -0.1) is 0 Å². The van der Waals surface area contributed by atoms with E-state index in [0.29, 0.717) is 5.56 Å². The van der Waals surface area contributed by atoms with Gasteiger partial charge in [-0.3, -0.25) is 9.48 Å². The Labute approximate surface area is 171 Å². The van der Waals surface area contributed by atoms with Crippen LogP contribution in [-0.2, 0) is 18.6 Å². The molecule has 158 valence electrons. The van der Waals surface area contributed by atoms with Crippen LogP contribution in [0.3, 0.4) is 0 Å². The van der Waals surface area contributed by atoms with Gasteiger partial charge in [-0.1, -0.05) is 32.9 Å². The molecule has 0 radical (unpaired) electrons. The standard InChI is InChI=1S/C21H22F3N5O/c1-20(2,3)13-7-5-12(6-8-13)19(30)27-17-10-9-14(18(25)26-17)15-11-16(21(22,23)24)28-29(15)4/h5-11H,1-4H3,(H3,25,26,27,30). The molecular weight excluding hydrogens is 395 g/mol. The van der Waals surface area contributed by atoms with Gasteiger partial charge in [0.2, 0.25) is 0 Å². The van der Waals surface area contributed by atoms with Gasteiger partial charge in [-0.2, -0.15) is 18.3 Å². The summed E-state index contributed by atoms with van der Waals surface area (Å²) in [6, 6.07) is 11.1. The lowest BCUT2D eigenvalue weighted by Gasteiger charge is -2.19. The fourth-order valence-corrected chi connectivity index (χ4v) is 2.93. The molecule has 30 heavy (non-hydrogen) atoms. The molecule has 2 heterocycles. The third-order valence-electron chi connectivity index (χ3n) is 4.63. The van der Waals surface area contributed by atoms with Crippen molar-refractivity contribution in [2.75, 3.05) is 11.1 Å². The number of benzene rings is 1. The lowest BCUT2D eigenvalue weighted by molar-refractivity contribution is -0.141. The largest absolute Gasteiger partial charge is 0.435 e. The lowest BCUT2D eigenvalue weighted by atomic mass is 9.87. The molecule has 9 heteroatoms. The molecule has 0 aliphatic carbocycles. The Bertz CT molecular complexity index is 1080. The molecule has 0 saturated carbocycles. The van der Waals surface area contributed by atoms with Gasteiger partial charge in [0, 0.05) is 18.2 Å². The quantitative estimate of drug-likeness (QED) is 0.651. The number of alkyl halides is 3. The number of nitrogens with two attached hydrogens (primary N) is 1. The first kappa shape index (κ1) is 21.4. The number of nitrogens with zero attached hydrogens (tertiary/aromatic N) is 3. The summed E-state index contributed by atoms with van der Waals surface area (Å²) in [5.74, 6) is -0.193. The number of carbonyl (C=O) groups excluding carboxylic acids is 1. The first-order valence-electron chi connectivity index (χ1n) is 9.16. The van der Waals surface area contributed by atoms with Crippen LogP contribution in [0.1, 0.15) is 42.4 Å². The Balaban J connectivity index is 1.81. The van der Waals surface area contributed by atoms with Gasteiger partial charge in [-0.05, 0) is 41.3 Å². The number of rotatable bonds is 3. The van der Waals surface area contributed by atoms with Crippen molar-refractivity contribution in [3.63, 3.8) is 0 Å². The number of hydrogen-bond donors (Lipinski definition) is 2. The van der Waals surface area contributed by atoms with Crippen molar-refractivity contribution in [3.05, 3.63) is 59.3 Å². The lowest BCUT2D eigenvalue weighted by Crippen LogP contribution is -2.15. The Morgan fingerprint density at radius 1 is 1.07 bits per heavy atom. The van der Waals surface area contributed by atoms with Crippen LogP contribution in [0.2, 0.25) is 0 Å². The van der Waals surface area contributed by atoms with Crippen LogP contribution in [0.4, 0.5) is 24.8 Å². The molecule has 1 amide bonds. The van der Waals surface area contributed by atoms with Crippen molar-refractivity contribution in [3.8, 4) is 11.3 Å². The van der Waals surface area contributed by atoms with E-state index in [1.54, 1.807) is 12.1 Å². The second kappa shape index (κ2) is 7.47. The average Bonchev–Trinajstić information content (AvgIpc) is 3.03. The van der Waals surface area contributed by atoms with Gasteiger partial charge in [0.05, 0.1) is 5.69 Å². The second-order valence-corrected chi connectivity index (χ2v) is 7.95. The molecular formula is C21H22F3N5O. The van der Waals surface area contributed by atoms with Crippen LogP contribution in [0, 0.1) is 0 Å². The van der Waals surface area contributed by atoms with Gasteiger partial charge in [-0.25, -0.2) is 4.98 Å². The Morgan fingerprint density at radius 3 is 2.20 bits per heavy atom. The Kier molecular flexibility index (Phi) is 5.32. The van der Waals surface area contributed by atoms with Crippen molar-refractivity contribution in [1.29, 1.82) is 0 Å². The molecule has 3 aromatic rings. The number of carbonyl (C=O) groups is 1. The summed E-state index contributed by atoms with van der Waals surface area (Å²) in [6.45, 7) is 6.24. The van der Waals surface area contributed by atoms with E-state index in [1.807, 2.05) is 12.1 Å².